The van der Waals surface area contributed by atoms with Gasteiger partial charge in [0.2, 0.25) is 0 Å². The molecule has 0 radical (unpaired) electrons. The van der Waals surface area contributed by atoms with Gasteiger partial charge >= 0.3 is 0 Å². The fraction of sp³-hybridized carbons (Fsp3) is 0.625. The highest BCUT2D eigenvalue weighted by molar-refractivity contribution is 5.39. The number of rotatable bonds is 4. The van der Waals surface area contributed by atoms with Crippen molar-refractivity contribution in [1.82, 2.24) is 5.32 Å². The van der Waals surface area contributed by atoms with Crippen LogP contribution in [0.25, 0.3) is 0 Å². The summed E-state index contributed by atoms with van der Waals surface area (Å²) in [5.41, 5.74) is 1.29. The predicted octanol–water partition coefficient (Wildman–Crippen LogP) is 3.72. The van der Waals surface area contributed by atoms with Crippen molar-refractivity contribution in [3.05, 3.63) is 29.8 Å². The molecule has 0 spiro atoms. The average molecular weight is 247 g/mol. The molecular formula is C16H25NO. The smallest absolute Gasteiger partial charge is 0.123 e. The average Bonchev–Trinajstić information content (AvgIpc) is 2.33. The van der Waals surface area contributed by atoms with Crippen molar-refractivity contribution in [2.75, 3.05) is 6.54 Å². The van der Waals surface area contributed by atoms with E-state index in [0.29, 0.717) is 12.0 Å². The van der Waals surface area contributed by atoms with E-state index in [0.717, 1.165) is 18.7 Å². The second-order valence-electron chi connectivity index (χ2n) is 5.95. The van der Waals surface area contributed by atoms with Crippen LogP contribution in [0.2, 0.25) is 0 Å². The first kappa shape index (κ1) is 13.4. The van der Waals surface area contributed by atoms with E-state index in [4.69, 9.17) is 4.74 Å². The molecule has 2 heteroatoms. The van der Waals surface area contributed by atoms with Crippen molar-refractivity contribution in [1.29, 1.82) is 0 Å². The van der Waals surface area contributed by atoms with E-state index in [1.807, 2.05) is 0 Å². The summed E-state index contributed by atoms with van der Waals surface area (Å²) in [5.74, 6) is 1.60. The van der Waals surface area contributed by atoms with Gasteiger partial charge in [-0.25, -0.2) is 0 Å². The van der Waals surface area contributed by atoms with Crippen LogP contribution in [0.15, 0.2) is 24.3 Å². The van der Waals surface area contributed by atoms with Gasteiger partial charge in [-0.1, -0.05) is 25.1 Å². The summed E-state index contributed by atoms with van der Waals surface area (Å²) in [5, 5.41) is 3.63. The van der Waals surface area contributed by atoms with Gasteiger partial charge in [0.1, 0.15) is 11.4 Å². The number of nitrogens with one attached hydrogen (secondary N) is 1. The van der Waals surface area contributed by atoms with Gasteiger partial charge in [-0.05, 0) is 51.8 Å². The lowest BCUT2D eigenvalue weighted by molar-refractivity contribution is 0.0660. The van der Waals surface area contributed by atoms with E-state index < -0.39 is 0 Å². The number of para-hydroxylation sites is 1. The number of hydrogen-bond acceptors (Lipinski definition) is 2. The SMILES string of the molecule is CCCNC(C)C1CC(C)(C)Oc2ccccc21. The highest BCUT2D eigenvalue weighted by Gasteiger charge is 2.35. The van der Waals surface area contributed by atoms with Gasteiger partial charge in [0, 0.05) is 12.0 Å². The lowest BCUT2D eigenvalue weighted by atomic mass is 9.80. The molecule has 2 atom stereocenters. The number of benzene rings is 1. The van der Waals surface area contributed by atoms with Gasteiger partial charge in [0.05, 0.1) is 0 Å². The summed E-state index contributed by atoms with van der Waals surface area (Å²) in [4.78, 5) is 0. The third-order valence-corrected chi connectivity index (χ3v) is 3.74. The van der Waals surface area contributed by atoms with Gasteiger partial charge in [-0.2, -0.15) is 0 Å². The van der Waals surface area contributed by atoms with E-state index in [-0.39, 0.29) is 5.60 Å². The Morgan fingerprint density at radius 3 is 2.83 bits per heavy atom. The predicted molar refractivity (Wildman–Crippen MR) is 76.3 cm³/mol. The quantitative estimate of drug-likeness (QED) is 0.875. The molecule has 100 valence electrons. The molecule has 1 N–H and O–H groups in total. The molecule has 0 aromatic heterocycles. The van der Waals surface area contributed by atoms with Gasteiger partial charge < -0.3 is 10.1 Å². The van der Waals surface area contributed by atoms with Crippen molar-refractivity contribution >= 4 is 0 Å². The fourth-order valence-corrected chi connectivity index (χ4v) is 2.82. The molecule has 0 bridgehead atoms. The summed E-state index contributed by atoms with van der Waals surface area (Å²) in [6, 6.07) is 8.96. The van der Waals surface area contributed by atoms with Crippen LogP contribution in [-0.4, -0.2) is 18.2 Å². The molecule has 2 nitrogen and oxygen atoms in total. The Kier molecular flexibility index (Phi) is 3.96. The van der Waals surface area contributed by atoms with Gasteiger partial charge in [-0.3, -0.25) is 0 Å². The zero-order valence-electron chi connectivity index (χ0n) is 12.0. The molecule has 1 aliphatic heterocycles. The molecule has 0 aliphatic carbocycles. The third kappa shape index (κ3) is 2.86. The summed E-state index contributed by atoms with van der Waals surface area (Å²) in [7, 11) is 0. The normalized spacial score (nSPS) is 23.0. The van der Waals surface area contributed by atoms with Crippen molar-refractivity contribution in [3.63, 3.8) is 0 Å². The molecule has 0 amide bonds. The van der Waals surface area contributed by atoms with Crippen LogP contribution in [0.5, 0.6) is 5.75 Å². The zero-order chi connectivity index (χ0) is 13.2. The second kappa shape index (κ2) is 5.31. The molecule has 0 fully saturated rings. The summed E-state index contributed by atoms with van der Waals surface area (Å²) < 4.78 is 6.08. The molecule has 2 rings (SSSR count). The first-order valence-corrected chi connectivity index (χ1v) is 7.05. The number of hydrogen-bond donors (Lipinski definition) is 1. The Bertz CT molecular complexity index is 400. The standard InChI is InChI=1S/C16H25NO/c1-5-10-17-12(2)14-11-16(3,4)18-15-9-7-6-8-13(14)15/h6-9,12,14,17H,5,10-11H2,1-4H3. The molecule has 1 heterocycles. The lowest BCUT2D eigenvalue weighted by Gasteiger charge is -2.40. The Morgan fingerprint density at radius 1 is 1.39 bits per heavy atom. The van der Waals surface area contributed by atoms with Crippen LogP contribution < -0.4 is 10.1 Å². The third-order valence-electron chi connectivity index (χ3n) is 3.74. The van der Waals surface area contributed by atoms with Crippen LogP contribution in [0, 0.1) is 0 Å². The van der Waals surface area contributed by atoms with Crippen LogP contribution in [0.3, 0.4) is 0 Å². The van der Waals surface area contributed by atoms with Crippen molar-refractivity contribution in [3.8, 4) is 5.75 Å². The minimum Gasteiger partial charge on any atom is -0.488 e. The maximum Gasteiger partial charge on any atom is 0.123 e. The van der Waals surface area contributed by atoms with Crippen LogP contribution in [0.1, 0.15) is 52.0 Å². The largest absolute Gasteiger partial charge is 0.488 e. The van der Waals surface area contributed by atoms with Gasteiger partial charge in [-0.15, -0.1) is 0 Å². The highest BCUT2D eigenvalue weighted by Crippen LogP contribution is 2.42. The minimum absolute atomic E-state index is 0.0683. The van der Waals surface area contributed by atoms with Crippen molar-refractivity contribution < 1.29 is 4.74 Å². The van der Waals surface area contributed by atoms with E-state index in [2.05, 4.69) is 57.3 Å². The van der Waals surface area contributed by atoms with Crippen LogP contribution >= 0.6 is 0 Å². The van der Waals surface area contributed by atoms with E-state index in [1.165, 1.54) is 12.0 Å². The summed E-state index contributed by atoms with van der Waals surface area (Å²) in [6.45, 7) is 9.95. The topological polar surface area (TPSA) is 21.3 Å². The molecule has 0 saturated heterocycles. The van der Waals surface area contributed by atoms with Crippen LogP contribution in [-0.2, 0) is 0 Å². The summed E-state index contributed by atoms with van der Waals surface area (Å²) >= 11 is 0. The molecular weight excluding hydrogens is 222 g/mol. The summed E-state index contributed by atoms with van der Waals surface area (Å²) in [6.07, 6.45) is 2.25. The van der Waals surface area contributed by atoms with Gasteiger partial charge in [0.25, 0.3) is 0 Å². The molecule has 1 aromatic carbocycles. The first-order chi connectivity index (χ1) is 8.53. The maximum absolute atomic E-state index is 6.08. The Balaban J connectivity index is 2.24. The maximum atomic E-state index is 6.08. The number of ether oxygens (including phenoxy) is 1. The van der Waals surface area contributed by atoms with Crippen molar-refractivity contribution in [2.24, 2.45) is 0 Å². The van der Waals surface area contributed by atoms with Gasteiger partial charge in [0.15, 0.2) is 0 Å². The Hall–Kier alpha value is -1.02. The Morgan fingerprint density at radius 2 is 2.11 bits per heavy atom. The number of fused-ring (bicyclic) bond motifs is 1. The monoisotopic (exact) mass is 247 g/mol. The minimum atomic E-state index is -0.0683. The molecule has 1 aliphatic rings. The molecule has 0 saturated carbocycles. The van der Waals surface area contributed by atoms with E-state index >= 15 is 0 Å². The lowest BCUT2D eigenvalue weighted by Crippen LogP contribution is -2.42. The first-order valence-electron chi connectivity index (χ1n) is 7.05. The molecule has 1 aromatic rings. The Labute approximate surface area is 111 Å². The van der Waals surface area contributed by atoms with Crippen molar-refractivity contribution in [2.45, 2.75) is 58.1 Å². The molecule has 18 heavy (non-hydrogen) atoms. The fourth-order valence-electron chi connectivity index (χ4n) is 2.82. The van der Waals surface area contributed by atoms with E-state index in [1.54, 1.807) is 0 Å². The van der Waals surface area contributed by atoms with E-state index in [9.17, 15) is 0 Å². The highest BCUT2D eigenvalue weighted by atomic mass is 16.5. The zero-order valence-corrected chi connectivity index (χ0v) is 12.0. The molecule has 2 unspecified atom stereocenters. The van der Waals surface area contributed by atoms with Crippen LogP contribution in [0.4, 0.5) is 0 Å². The second-order valence-corrected chi connectivity index (χ2v) is 5.95.